The number of amides is 3. The minimum Gasteiger partial charge on any atom is -0.354 e. The maximum Gasteiger partial charge on any atom is 0.255 e. The Balaban J connectivity index is 1.46. The SMILES string of the molecule is CC(c1ccccc1)N1CC(C(=O)NCCNC(=O)c2c(F)cccc2Cl)CC1=O. The lowest BCUT2D eigenvalue weighted by Gasteiger charge is -2.25. The Morgan fingerprint density at radius 3 is 2.53 bits per heavy atom. The smallest absolute Gasteiger partial charge is 0.255 e. The topological polar surface area (TPSA) is 78.5 Å². The molecule has 1 heterocycles. The summed E-state index contributed by atoms with van der Waals surface area (Å²) in [6.45, 7) is 2.56. The van der Waals surface area contributed by atoms with Crippen molar-refractivity contribution in [2.24, 2.45) is 5.92 Å². The van der Waals surface area contributed by atoms with E-state index in [4.69, 9.17) is 11.6 Å². The van der Waals surface area contributed by atoms with Crippen LogP contribution in [0.4, 0.5) is 4.39 Å². The van der Waals surface area contributed by atoms with Gasteiger partial charge >= 0.3 is 0 Å². The molecule has 1 aliphatic rings. The van der Waals surface area contributed by atoms with E-state index in [9.17, 15) is 18.8 Å². The monoisotopic (exact) mass is 431 g/mol. The van der Waals surface area contributed by atoms with Crippen LogP contribution in [0.1, 0.15) is 35.3 Å². The first-order chi connectivity index (χ1) is 14.4. The molecule has 0 radical (unpaired) electrons. The van der Waals surface area contributed by atoms with Crippen LogP contribution in [0.5, 0.6) is 0 Å². The molecule has 2 atom stereocenters. The Morgan fingerprint density at radius 1 is 1.13 bits per heavy atom. The number of benzene rings is 2. The van der Waals surface area contributed by atoms with Crippen molar-refractivity contribution in [2.45, 2.75) is 19.4 Å². The molecule has 2 N–H and O–H groups in total. The molecule has 3 amide bonds. The molecule has 2 unspecified atom stereocenters. The van der Waals surface area contributed by atoms with E-state index in [2.05, 4.69) is 10.6 Å². The van der Waals surface area contributed by atoms with Crippen molar-refractivity contribution in [1.82, 2.24) is 15.5 Å². The van der Waals surface area contributed by atoms with E-state index >= 15 is 0 Å². The third-order valence-corrected chi connectivity index (χ3v) is 5.49. The van der Waals surface area contributed by atoms with Gasteiger partial charge in [-0.25, -0.2) is 4.39 Å². The van der Waals surface area contributed by atoms with Crippen LogP contribution in [0.2, 0.25) is 5.02 Å². The molecule has 8 heteroatoms. The Kier molecular flexibility index (Phi) is 7.05. The molecule has 1 aliphatic heterocycles. The summed E-state index contributed by atoms with van der Waals surface area (Å²) < 4.78 is 13.8. The first-order valence-corrected chi connectivity index (χ1v) is 10.1. The summed E-state index contributed by atoms with van der Waals surface area (Å²) in [6.07, 6.45) is 0.153. The summed E-state index contributed by atoms with van der Waals surface area (Å²) in [7, 11) is 0. The lowest BCUT2D eigenvalue weighted by Crippen LogP contribution is -2.38. The summed E-state index contributed by atoms with van der Waals surface area (Å²) in [5, 5.41) is 5.27. The van der Waals surface area contributed by atoms with E-state index in [1.165, 1.54) is 12.1 Å². The number of rotatable bonds is 7. The number of nitrogens with zero attached hydrogens (tertiary/aromatic N) is 1. The molecule has 2 aromatic carbocycles. The van der Waals surface area contributed by atoms with Gasteiger partial charge in [0, 0.05) is 26.1 Å². The Morgan fingerprint density at radius 2 is 1.83 bits per heavy atom. The Labute approximate surface area is 179 Å². The largest absolute Gasteiger partial charge is 0.354 e. The maximum absolute atomic E-state index is 13.8. The van der Waals surface area contributed by atoms with Gasteiger partial charge in [-0.1, -0.05) is 48.0 Å². The van der Waals surface area contributed by atoms with Gasteiger partial charge in [-0.3, -0.25) is 14.4 Å². The number of carbonyl (C=O) groups excluding carboxylic acids is 3. The van der Waals surface area contributed by atoms with Crippen molar-refractivity contribution < 1.29 is 18.8 Å². The van der Waals surface area contributed by atoms with Gasteiger partial charge in [0.2, 0.25) is 11.8 Å². The van der Waals surface area contributed by atoms with Crippen LogP contribution >= 0.6 is 11.6 Å². The molecule has 1 saturated heterocycles. The molecule has 0 aliphatic carbocycles. The first kappa shape index (κ1) is 21.8. The van der Waals surface area contributed by atoms with Crippen molar-refractivity contribution in [3.8, 4) is 0 Å². The number of halogens is 2. The van der Waals surface area contributed by atoms with E-state index in [1.54, 1.807) is 4.90 Å². The average Bonchev–Trinajstić information content (AvgIpc) is 3.12. The van der Waals surface area contributed by atoms with Gasteiger partial charge in [-0.05, 0) is 24.6 Å². The molecular weight excluding hydrogens is 409 g/mol. The van der Waals surface area contributed by atoms with Crippen LogP contribution in [0.25, 0.3) is 0 Å². The first-order valence-electron chi connectivity index (χ1n) is 9.72. The molecule has 158 valence electrons. The fourth-order valence-electron chi connectivity index (χ4n) is 3.50. The van der Waals surface area contributed by atoms with Crippen LogP contribution < -0.4 is 10.6 Å². The van der Waals surface area contributed by atoms with Crippen LogP contribution in [0.3, 0.4) is 0 Å². The highest BCUT2D eigenvalue weighted by atomic mass is 35.5. The minimum absolute atomic E-state index is 0.0219. The number of hydrogen-bond acceptors (Lipinski definition) is 3. The number of likely N-dealkylation sites (tertiary alicyclic amines) is 1. The van der Waals surface area contributed by atoms with E-state index in [0.717, 1.165) is 11.6 Å². The van der Waals surface area contributed by atoms with Gasteiger partial charge < -0.3 is 15.5 Å². The van der Waals surface area contributed by atoms with E-state index in [0.29, 0.717) is 6.54 Å². The highest BCUT2D eigenvalue weighted by molar-refractivity contribution is 6.33. The van der Waals surface area contributed by atoms with Crippen LogP contribution in [-0.2, 0) is 9.59 Å². The van der Waals surface area contributed by atoms with Gasteiger partial charge in [0.1, 0.15) is 5.82 Å². The predicted molar refractivity (Wildman–Crippen MR) is 111 cm³/mol. The van der Waals surface area contributed by atoms with E-state index in [-0.39, 0.29) is 48.0 Å². The van der Waals surface area contributed by atoms with E-state index in [1.807, 2.05) is 37.3 Å². The van der Waals surface area contributed by atoms with Crippen molar-refractivity contribution in [3.05, 3.63) is 70.5 Å². The minimum atomic E-state index is -0.707. The Bertz CT molecular complexity index is 918. The van der Waals surface area contributed by atoms with E-state index < -0.39 is 17.6 Å². The lowest BCUT2D eigenvalue weighted by atomic mass is 10.1. The summed E-state index contributed by atoms with van der Waals surface area (Å²) in [4.78, 5) is 38.6. The zero-order chi connectivity index (χ0) is 21.7. The fourth-order valence-corrected chi connectivity index (χ4v) is 3.75. The standard InChI is InChI=1S/C22H23ClFN3O3/c1-14(15-6-3-2-4-7-15)27-13-16(12-19(27)28)21(29)25-10-11-26-22(30)20-17(23)8-5-9-18(20)24/h2-9,14,16H,10-13H2,1H3,(H,25,29)(H,26,30). The van der Waals surface area contributed by atoms with Gasteiger partial charge in [-0.15, -0.1) is 0 Å². The molecule has 3 rings (SSSR count). The Hall–Kier alpha value is -2.93. The van der Waals surface area contributed by atoms with Crippen molar-refractivity contribution in [3.63, 3.8) is 0 Å². The zero-order valence-electron chi connectivity index (χ0n) is 16.5. The van der Waals surface area contributed by atoms with Crippen LogP contribution in [-0.4, -0.2) is 42.3 Å². The van der Waals surface area contributed by atoms with Gasteiger partial charge in [0.15, 0.2) is 0 Å². The lowest BCUT2D eigenvalue weighted by molar-refractivity contribution is -0.130. The summed E-state index contributed by atoms with van der Waals surface area (Å²) in [5.74, 6) is -2.11. The summed E-state index contributed by atoms with van der Waals surface area (Å²) in [6, 6.07) is 13.5. The number of carbonyl (C=O) groups is 3. The molecule has 0 aromatic heterocycles. The summed E-state index contributed by atoms with van der Waals surface area (Å²) >= 11 is 5.86. The van der Waals surface area contributed by atoms with Crippen molar-refractivity contribution >= 4 is 29.3 Å². The second-order valence-corrected chi connectivity index (χ2v) is 7.58. The fraction of sp³-hybridized carbons (Fsp3) is 0.318. The number of nitrogens with one attached hydrogen (secondary N) is 2. The second kappa shape index (κ2) is 9.71. The highest BCUT2D eigenvalue weighted by Gasteiger charge is 2.36. The maximum atomic E-state index is 13.8. The molecular formula is C22H23ClFN3O3. The van der Waals surface area contributed by atoms with Crippen LogP contribution in [0.15, 0.2) is 48.5 Å². The molecule has 2 aromatic rings. The van der Waals surface area contributed by atoms with Gasteiger partial charge in [0.25, 0.3) is 5.91 Å². The summed E-state index contributed by atoms with van der Waals surface area (Å²) in [5.41, 5.74) is 0.791. The quantitative estimate of drug-likeness (QED) is 0.661. The van der Waals surface area contributed by atoms with Gasteiger partial charge in [0.05, 0.1) is 22.5 Å². The third kappa shape index (κ3) is 4.97. The molecule has 0 spiro atoms. The van der Waals surface area contributed by atoms with Crippen molar-refractivity contribution in [1.29, 1.82) is 0 Å². The number of hydrogen-bond donors (Lipinski definition) is 2. The zero-order valence-corrected chi connectivity index (χ0v) is 17.3. The second-order valence-electron chi connectivity index (χ2n) is 7.18. The predicted octanol–water partition coefficient (Wildman–Crippen LogP) is 2.93. The third-order valence-electron chi connectivity index (χ3n) is 5.18. The molecule has 0 bridgehead atoms. The molecule has 30 heavy (non-hydrogen) atoms. The average molecular weight is 432 g/mol. The highest BCUT2D eigenvalue weighted by Crippen LogP contribution is 2.28. The normalized spacial score (nSPS) is 17.0. The molecule has 1 fully saturated rings. The molecule has 0 saturated carbocycles. The molecule has 6 nitrogen and oxygen atoms in total. The van der Waals surface area contributed by atoms with Crippen molar-refractivity contribution in [2.75, 3.05) is 19.6 Å². The van der Waals surface area contributed by atoms with Gasteiger partial charge in [-0.2, -0.15) is 0 Å². The van der Waals surface area contributed by atoms with Crippen LogP contribution in [0, 0.1) is 11.7 Å².